The van der Waals surface area contributed by atoms with Crippen molar-refractivity contribution in [3.63, 3.8) is 0 Å². The van der Waals surface area contributed by atoms with Crippen molar-refractivity contribution < 1.29 is 9.53 Å². The van der Waals surface area contributed by atoms with Gasteiger partial charge in [-0.2, -0.15) is 0 Å². The second kappa shape index (κ2) is 6.12. The Hall–Kier alpha value is -1.47. The molecule has 5 nitrogen and oxygen atoms in total. The van der Waals surface area contributed by atoms with Gasteiger partial charge in [0.1, 0.15) is 5.01 Å². The molecule has 0 saturated carbocycles. The molecule has 19 heavy (non-hydrogen) atoms. The Kier molecular flexibility index (Phi) is 4.49. The van der Waals surface area contributed by atoms with Gasteiger partial charge in [-0.3, -0.25) is 4.90 Å². The summed E-state index contributed by atoms with van der Waals surface area (Å²) in [7, 11) is 1.61. The van der Waals surface area contributed by atoms with Gasteiger partial charge in [0, 0.05) is 17.1 Å². The van der Waals surface area contributed by atoms with Gasteiger partial charge in [-0.15, -0.1) is 10.2 Å². The molecule has 0 fully saturated rings. The normalized spacial score (nSPS) is 10.3. The summed E-state index contributed by atoms with van der Waals surface area (Å²) in [5, 5.41) is 9.36. The van der Waals surface area contributed by atoms with Crippen LogP contribution >= 0.6 is 27.3 Å². The third-order valence-electron chi connectivity index (χ3n) is 2.33. The van der Waals surface area contributed by atoms with Gasteiger partial charge < -0.3 is 4.74 Å². The highest BCUT2D eigenvalue weighted by molar-refractivity contribution is 9.10. The van der Waals surface area contributed by atoms with E-state index >= 15 is 0 Å². The maximum Gasteiger partial charge on any atom is 0.415 e. The van der Waals surface area contributed by atoms with Crippen LogP contribution in [0.1, 0.15) is 6.92 Å². The first-order valence-corrected chi connectivity index (χ1v) is 7.22. The molecular weight excluding hydrogens is 330 g/mol. The van der Waals surface area contributed by atoms with Crippen molar-refractivity contribution in [1.82, 2.24) is 10.2 Å². The molecule has 1 aromatic heterocycles. The zero-order chi connectivity index (χ0) is 13.8. The topological polar surface area (TPSA) is 55.3 Å². The van der Waals surface area contributed by atoms with Crippen molar-refractivity contribution in [2.45, 2.75) is 6.92 Å². The molecule has 1 aromatic carbocycles. The Morgan fingerprint density at radius 1 is 1.37 bits per heavy atom. The molecule has 100 valence electrons. The standard InChI is InChI=1S/C12H12BrN3O2S/c1-3-18-12(17)16(2)11-15-14-10(19-11)8-4-6-9(13)7-5-8/h4-7H,3H2,1-2H3. The molecule has 0 bridgehead atoms. The lowest BCUT2D eigenvalue weighted by Gasteiger charge is -2.11. The van der Waals surface area contributed by atoms with Crippen molar-refractivity contribution in [3.8, 4) is 10.6 Å². The average Bonchev–Trinajstić information content (AvgIpc) is 2.88. The second-order valence-electron chi connectivity index (χ2n) is 3.65. The van der Waals surface area contributed by atoms with E-state index in [1.165, 1.54) is 16.2 Å². The van der Waals surface area contributed by atoms with Gasteiger partial charge in [-0.25, -0.2) is 4.79 Å². The number of amides is 1. The first kappa shape index (κ1) is 14.0. The third-order valence-corrected chi connectivity index (χ3v) is 3.91. The Morgan fingerprint density at radius 2 is 2.05 bits per heavy atom. The van der Waals surface area contributed by atoms with Crippen molar-refractivity contribution in [3.05, 3.63) is 28.7 Å². The van der Waals surface area contributed by atoms with Gasteiger partial charge in [-0.05, 0) is 19.1 Å². The SMILES string of the molecule is CCOC(=O)N(C)c1nnc(-c2ccc(Br)cc2)s1. The molecular formula is C12H12BrN3O2S. The van der Waals surface area contributed by atoms with Crippen molar-refractivity contribution in [2.75, 3.05) is 18.6 Å². The highest BCUT2D eigenvalue weighted by Gasteiger charge is 2.17. The van der Waals surface area contributed by atoms with Gasteiger partial charge in [0.15, 0.2) is 0 Å². The largest absolute Gasteiger partial charge is 0.449 e. The number of benzene rings is 1. The lowest BCUT2D eigenvalue weighted by atomic mass is 10.2. The number of carbonyl (C=O) groups is 1. The number of nitrogens with zero attached hydrogens (tertiary/aromatic N) is 3. The summed E-state index contributed by atoms with van der Waals surface area (Å²) in [6.07, 6.45) is -0.430. The third kappa shape index (κ3) is 3.30. The van der Waals surface area contributed by atoms with Gasteiger partial charge in [0.25, 0.3) is 0 Å². The number of ether oxygens (including phenoxy) is 1. The minimum absolute atomic E-state index is 0.335. The first-order valence-electron chi connectivity index (χ1n) is 5.61. The summed E-state index contributed by atoms with van der Waals surface area (Å²) in [5.41, 5.74) is 0.962. The number of anilines is 1. The van der Waals surface area contributed by atoms with Crippen LogP contribution in [0.15, 0.2) is 28.7 Å². The van der Waals surface area contributed by atoms with E-state index in [9.17, 15) is 4.79 Å². The number of hydrogen-bond acceptors (Lipinski definition) is 5. The molecule has 0 unspecified atom stereocenters. The number of hydrogen-bond donors (Lipinski definition) is 0. The zero-order valence-electron chi connectivity index (χ0n) is 10.5. The van der Waals surface area contributed by atoms with E-state index in [1.54, 1.807) is 14.0 Å². The molecule has 1 heterocycles. The smallest absolute Gasteiger partial charge is 0.415 e. The van der Waals surface area contributed by atoms with E-state index in [0.29, 0.717) is 11.7 Å². The van der Waals surface area contributed by atoms with E-state index in [4.69, 9.17) is 4.74 Å². The van der Waals surface area contributed by atoms with Crippen molar-refractivity contribution in [2.24, 2.45) is 0 Å². The summed E-state index contributed by atoms with van der Waals surface area (Å²) in [5.74, 6) is 0. The predicted molar refractivity (Wildman–Crippen MR) is 78.5 cm³/mol. The molecule has 0 N–H and O–H groups in total. The van der Waals surface area contributed by atoms with Crippen molar-refractivity contribution >= 4 is 38.5 Å². The van der Waals surface area contributed by atoms with E-state index in [0.717, 1.165) is 15.0 Å². The molecule has 0 spiro atoms. The second-order valence-corrected chi connectivity index (χ2v) is 5.53. The van der Waals surface area contributed by atoms with Crippen LogP contribution in [0.2, 0.25) is 0 Å². The molecule has 0 atom stereocenters. The molecule has 0 radical (unpaired) electrons. The lowest BCUT2D eigenvalue weighted by molar-refractivity contribution is 0.161. The molecule has 7 heteroatoms. The number of carbonyl (C=O) groups excluding carboxylic acids is 1. The summed E-state index contributed by atoms with van der Waals surface area (Å²) < 4.78 is 5.91. The molecule has 0 aliphatic rings. The molecule has 0 saturated heterocycles. The molecule has 1 amide bonds. The van der Waals surface area contributed by atoms with Crippen LogP contribution in [-0.2, 0) is 4.74 Å². The number of aromatic nitrogens is 2. The van der Waals surface area contributed by atoms with Gasteiger partial charge >= 0.3 is 6.09 Å². The number of halogens is 1. The minimum Gasteiger partial charge on any atom is -0.449 e. The Labute approximate surface area is 123 Å². The van der Waals surface area contributed by atoms with Crippen LogP contribution in [-0.4, -0.2) is 29.9 Å². The summed E-state index contributed by atoms with van der Waals surface area (Å²) in [6, 6.07) is 7.76. The van der Waals surface area contributed by atoms with Crippen LogP contribution in [0.25, 0.3) is 10.6 Å². The first-order chi connectivity index (χ1) is 9.11. The highest BCUT2D eigenvalue weighted by atomic mass is 79.9. The van der Waals surface area contributed by atoms with Crippen LogP contribution in [0, 0.1) is 0 Å². The quantitative estimate of drug-likeness (QED) is 0.856. The summed E-state index contributed by atoms with van der Waals surface area (Å²) in [4.78, 5) is 12.9. The van der Waals surface area contributed by atoms with Crippen LogP contribution in [0.4, 0.5) is 9.93 Å². The zero-order valence-corrected chi connectivity index (χ0v) is 12.9. The monoisotopic (exact) mass is 341 g/mol. The fourth-order valence-corrected chi connectivity index (χ4v) is 2.42. The van der Waals surface area contributed by atoms with E-state index in [-0.39, 0.29) is 0 Å². The van der Waals surface area contributed by atoms with Crippen LogP contribution in [0.3, 0.4) is 0 Å². The van der Waals surface area contributed by atoms with Crippen LogP contribution < -0.4 is 4.90 Å². The van der Waals surface area contributed by atoms with Crippen molar-refractivity contribution in [1.29, 1.82) is 0 Å². The fourth-order valence-electron chi connectivity index (χ4n) is 1.36. The Balaban J connectivity index is 2.19. The van der Waals surface area contributed by atoms with E-state index in [2.05, 4.69) is 26.1 Å². The van der Waals surface area contributed by atoms with E-state index in [1.807, 2.05) is 24.3 Å². The average molecular weight is 342 g/mol. The van der Waals surface area contributed by atoms with Gasteiger partial charge in [0.2, 0.25) is 5.13 Å². The van der Waals surface area contributed by atoms with E-state index < -0.39 is 6.09 Å². The molecule has 0 aliphatic heterocycles. The van der Waals surface area contributed by atoms with Gasteiger partial charge in [-0.1, -0.05) is 39.4 Å². The fraction of sp³-hybridized carbons (Fsp3) is 0.250. The number of rotatable bonds is 3. The Bertz CT molecular complexity index is 571. The maximum absolute atomic E-state index is 11.6. The van der Waals surface area contributed by atoms with Gasteiger partial charge in [0.05, 0.1) is 6.61 Å². The summed E-state index contributed by atoms with van der Waals surface area (Å²) >= 11 is 4.72. The highest BCUT2D eigenvalue weighted by Crippen LogP contribution is 2.29. The minimum atomic E-state index is -0.430. The molecule has 2 rings (SSSR count). The molecule has 0 aliphatic carbocycles. The lowest BCUT2D eigenvalue weighted by Crippen LogP contribution is -2.26. The maximum atomic E-state index is 11.6. The Morgan fingerprint density at radius 3 is 2.68 bits per heavy atom. The molecule has 2 aromatic rings. The summed E-state index contributed by atoms with van der Waals surface area (Å²) in [6.45, 7) is 2.10. The predicted octanol–water partition coefficient (Wildman–Crippen LogP) is 3.56. The van der Waals surface area contributed by atoms with Crippen LogP contribution in [0.5, 0.6) is 0 Å².